The van der Waals surface area contributed by atoms with Crippen LogP contribution in [0.25, 0.3) is 0 Å². The Kier molecular flexibility index (Phi) is 10.1. The standard InChI is InChI=1S/C14H20F2N2O2S.ClH/c1-9(18-13(19)12(17)6-7-21-2)10-4-3-5-11(8-10)20-14(15)16;/h3-5,8-9,12,14H,6-7,17H2,1-2H3,(H,18,19);1H/t9?,12-;/m0./s1. The zero-order valence-corrected chi connectivity index (χ0v) is 14.1. The summed E-state index contributed by atoms with van der Waals surface area (Å²) in [5.74, 6) is 0.618. The average Bonchev–Trinajstić information content (AvgIpc) is 2.44. The van der Waals surface area contributed by atoms with Gasteiger partial charge in [-0.1, -0.05) is 12.1 Å². The summed E-state index contributed by atoms with van der Waals surface area (Å²) in [6.45, 7) is -1.11. The first kappa shape index (κ1) is 20.9. The van der Waals surface area contributed by atoms with Gasteiger partial charge in [0.1, 0.15) is 5.75 Å². The number of halogens is 3. The maximum atomic E-state index is 12.2. The molecule has 0 radical (unpaired) electrons. The van der Waals surface area contributed by atoms with E-state index in [1.54, 1.807) is 30.8 Å². The largest absolute Gasteiger partial charge is 0.435 e. The number of ether oxygens (including phenoxy) is 1. The Bertz CT molecular complexity index is 466. The van der Waals surface area contributed by atoms with Crippen molar-refractivity contribution in [2.24, 2.45) is 5.73 Å². The molecule has 1 rings (SSSR count). The summed E-state index contributed by atoms with van der Waals surface area (Å²) in [6, 6.07) is 5.35. The van der Waals surface area contributed by atoms with Crippen molar-refractivity contribution < 1.29 is 18.3 Å². The van der Waals surface area contributed by atoms with Crippen LogP contribution in [0.4, 0.5) is 8.78 Å². The van der Waals surface area contributed by atoms with Crippen molar-refractivity contribution in [3.63, 3.8) is 0 Å². The monoisotopic (exact) mass is 354 g/mol. The summed E-state index contributed by atoms with van der Waals surface area (Å²) in [5, 5.41) is 2.77. The fourth-order valence-electron chi connectivity index (χ4n) is 1.74. The van der Waals surface area contributed by atoms with Crippen LogP contribution in [0.15, 0.2) is 24.3 Å². The zero-order chi connectivity index (χ0) is 15.8. The van der Waals surface area contributed by atoms with Gasteiger partial charge in [0.25, 0.3) is 0 Å². The van der Waals surface area contributed by atoms with Crippen molar-refractivity contribution in [1.29, 1.82) is 0 Å². The third-order valence-corrected chi connectivity index (χ3v) is 3.56. The lowest BCUT2D eigenvalue weighted by Crippen LogP contribution is -2.41. The Balaban J connectivity index is 0.00000441. The number of carbonyl (C=O) groups is 1. The van der Waals surface area contributed by atoms with Crippen molar-refractivity contribution >= 4 is 30.1 Å². The SMILES string of the molecule is CSCC[C@H](N)C(=O)NC(C)c1cccc(OC(F)F)c1.Cl. The van der Waals surface area contributed by atoms with Crippen LogP contribution in [-0.4, -0.2) is 30.6 Å². The van der Waals surface area contributed by atoms with Crippen LogP contribution in [0.3, 0.4) is 0 Å². The summed E-state index contributed by atoms with van der Waals surface area (Å²) in [4.78, 5) is 11.9. The molecule has 3 N–H and O–H groups in total. The normalized spacial score (nSPS) is 13.2. The number of rotatable bonds is 8. The lowest BCUT2D eigenvalue weighted by molar-refractivity contribution is -0.123. The molecule has 1 unspecified atom stereocenters. The second-order valence-electron chi connectivity index (χ2n) is 4.57. The maximum Gasteiger partial charge on any atom is 0.387 e. The summed E-state index contributed by atoms with van der Waals surface area (Å²) < 4.78 is 28.7. The molecule has 0 saturated carbocycles. The van der Waals surface area contributed by atoms with E-state index in [4.69, 9.17) is 5.73 Å². The molecule has 0 aliphatic carbocycles. The number of benzene rings is 1. The van der Waals surface area contributed by atoms with Crippen molar-refractivity contribution in [2.45, 2.75) is 32.0 Å². The molecule has 126 valence electrons. The number of carbonyl (C=O) groups excluding carboxylic acids is 1. The van der Waals surface area contributed by atoms with Gasteiger partial charge in [0.2, 0.25) is 5.91 Å². The van der Waals surface area contributed by atoms with Gasteiger partial charge in [-0.2, -0.15) is 20.5 Å². The molecule has 2 atom stereocenters. The molecule has 4 nitrogen and oxygen atoms in total. The molecule has 0 aliphatic rings. The second kappa shape index (κ2) is 10.6. The highest BCUT2D eigenvalue weighted by molar-refractivity contribution is 7.98. The van der Waals surface area contributed by atoms with Crippen LogP contribution in [-0.2, 0) is 4.79 Å². The van der Waals surface area contributed by atoms with E-state index >= 15 is 0 Å². The summed E-state index contributed by atoms with van der Waals surface area (Å²) in [6.07, 6.45) is 2.54. The fourth-order valence-corrected chi connectivity index (χ4v) is 2.23. The third kappa shape index (κ3) is 7.29. The van der Waals surface area contributed by atoms with E-state index in [1.807, 2.05) is 6.26 Å². The Morgan fingerprint density at radius 1 is 1.45 bits per heavy atom. The average molecular weight is 355 g/mol. The second-order valence-corrected chi connectivity index (χ2v) is 5.55. The van der Waals surface area contributed by atoms with Gasteiger partial charge in [0.05, 0.1) is 12.1 Å². The van der Waals surface area contributed by atoms with Gasteiger partial charge in [-0.3, -0.25) is 4.79 Å². The molecule has 0 saturated heterocycles. The molecule has 0 aliphatic heterocycles. The maximum absolute atomic E-state index is 12.2. The summed E-state index contributed by atoms with van der Waals surface area (Å²) in [5.41, 5.74) is 6.46. The van der Waals surface area contributed by atoms with Gasteiger partial charge in [-0.15, -0.1) is 12.4 Å². The van der Waals surface area contributed by atoms with E-state index in [0.29, 0.717) is 12.0 Å². The van der Waals surface area contributed by atoms with Crippen LogP contribution in [0.2, 0.25) is 0 Å². The van der Waals surface area contributed by atoms with Crippen LogP contribution in [0, 0.1) is 0 Å². The molecule has 0 spiro atoms. The molecule has 1 aromatic carbocycles. The fraction of sp³-hybridized carbons (Fsp3) is 0.500. The van der Waals surface area contributed by atoms with Crippen LogP contribution in [0.5, 0.6) is 5.75 Å². The minimum absolute atomic E-state index is 0. The smallest absolute Gasteiger partial charge is 0.387 e. The Labute approximate surface area is 139 Å². The van der Waals surface area contributed by atoms with E-state index in [-0.39, 0.29) is 30.1 Å². The Morgan fingerprint density at radius 2 is 2.14 bits per heavy atom. The first-order valence-electron chi connectivity index (χ1n) is 6.53. The number of amides is 1. The highest BCUT2D eigenvalue weighted by Crippen LogP contribution is 2.20. The molecular formula is C14H21ClF2N2O2S. The highest BCUT2D eigenvalue weighted by atomic mass is 35.5. The van der Waals surface area contributed by atoms with E-state index in [0.717, 1.165) is 5.75 Å². The third-order valence-electron chi connectivity index (χ3n) is 2.91. The first-order chi connectivity index (χ1) is 9.93. The molecule has 8 heteroatoms. The van der Waals surface area contributed by atoms with Gasteiger partial charge in [-0.25, -0.2) is 0 Å². The van der Waals surface area contributed by atoms with Gasteiger partial charge in [0, 0.05) is 0 Å². The number of nitrogens with one attached hydrogen (secondary N) is 1. The Morgan fingerprint density at radius 3 is 2.73 bits per heavy atom. The lowest BCUT2D eigenvalue weighted by atomic mass is 10.1. The van der Waals surface area contributed by atoms with Crippen molar-refractivity contribution in [2.75, 3.05) is 12.0 Å². The molecule has 22 heavy (non-hydrogen) atoms. The number of alkyl halides is 2. The predicted molar refractivity (Wildman–Crippen MR) is 87.9 cm³/mol. The molecule has 0 aromatic heterocycles. The van der Waals surface area contributed by atoms with E-state index in [2.05, 4.69) is 10.1 Å². The molecule has 1 amide bonds. The first-order valence-corrected chi connectivity index (χ1v) is 7.93. The van der Waals surface area contributed by atoms with Gasteiger partial charge in [-0.05, 0) is 43.0 Å². The van der Waals surface area contributed by atoms with Gasteiger partial charge in [0.15, 0.2) is 0 Å². The van der Waals surface area contributed by atoms with Crippen LogP contribution >= 0.6 is 24.2 Å². The van der Waals surface area contributed by atoms with E-state index in [9.17, 15) is 13.6 Å². The molecule has 0 bridgehead atoms. The predicted octanol–water partition coefficient (Wildman–Crippen LogP) is 2.97. The topological polar surface area (TPSA) is 64.4 Å². The minimum Gasteiger partial charge on any atom is -0.435 e. The van der Waals surface area contributed by atoms with Gasteiger partial charge < -0.3 is 15.8 Å². The van der Waals surface area contributed by atoms with Crippen LogP contribution < -0.4 is 15.8 Å². The minimum atomic E-state index is -2.87. The number of hydrogen-bond donors (Lipinski definition) is 2. The number of thioether (sulfide) groups is 1. The lowest BCUT2D eigenvalue weighted by Gasteiger charge is -2.18. The number of nitrogens with two attached hydrogens (primary N) is 1. The number of hydrogen-bond acceptors (Lipinski definition) is 4. The molecule has 1 aromatic rings. The van der Waals surface area contributed by atoms with E-state index < -0.39 is 12.7 Å². The summed E-state index contributed by atoms with van der Waals surface area (Å²) >= 11 is 1.62. The van der Waals surface area contributed by atoms with Crippen molar-refractivity contribution in [1.82, 2.24) is 5.32 Å². The highest BCUT2D eigenvalue weighted by Gasteiger charge is 2.16. The van der Waals surface area contributed by atoms with Crippen LogP contribution in [0.1, 0.15) is 24.9 Å². The van der Waals surface area contributed by atoms with Crippen molar-refractivity contribution in [3.8, 4) is 5.75 Å². The van der Waals surface area contributed by atoms with Crippen molar-refractivity contribution in [3.05, 3.63) is 29.8 Å². The Hall–Kier alpha value is -1.05. The zero-order valence-electron chi connectivity index (χ0n) is 12.4. The summed E-state index contributed by atoms with van der Waals surface area (Å²) in [7, 11) is 0. The van der Waals surface area contributed by atoms with E-state index in [1.165, 1.54) is 12.1 Å². The molecule has 0 heterocycles. The van der Waals surface area contributed by atoms with Gasteiger partial charge >= 0.3 is 6.61 Å². The quantitative estimate of drug-likeness (QED) is 0.753. The molecular weight excluding hydrogens is 334 g/mol. The molecule has 0 fully saturated rings.